The molecule has 0 saturated carbocycles. The van der Waals surface area contributed by atoms with Gasteiger partial charge in [0.15, 0.2) is 11.9 Å². The van der Waals surface area contributed by atoms with Crippen molar-refractivity contribution >= 4 is 11.6 Å². The molecular formula is C20H26N4O3. The van der Waals surface area contributed by atoms with Crippen LogP contribution in [0.15, 0.2) is 28.8 Å². The Kier molecular flexibility index (Phi) is 4.76. The zero-order valence-electron chi connectivity index (χ0n) is 16.1. The molecule has 0 bridgehead atoms. The van der Waals surface area contributed by atoms with Crippen LogP contribution >= 0.6 is 0 Å². The number of hydrogen-bond donors (Lipinski definition) is 0. The maximum absolute atomic E-state index is 13.0. The number of carbonyl (C=O) groups is 1. The Hall–Kier alpha value is -2.57. The molecule has 0 aliphatic carbocycles. The Bertz CT molecular complexity index is 811. The Morgan fingerprint density at radius 2 is 1.96 bits per heavy atom. The van der Waals surface area contributed by atoms with E-state index in [0.29, 0.717) is 25.5 Å². The molecule has 0 radical (unpaired) electrons. The Labute approximate surface area is 159 Å². The van der Waals surface area contributed by atoms with Gasteiger partial charge in [-0.1, -0.05) is 31.1 Å². The summed E-state index contributed by atoms with van der Waals surface area (Å²) in [5, 5.41) is 4.06. The molecule has 3 heterocycles. The van der Waals surface area contributed by atoms with Crippen molar-refractivity contribution in [1.82, 2.24) is 15.0 Å². The van der Waals surface area contributed by atoms with Gasteiger partial charge in [-0.15, -0.1) is 0 Å². The minimum absolute atomic E-state index is 0.0585. The van der Waals surface area contributed by atoms with Crippen LogP contribution in [0.2, 0.25) is 0 Å². The average Bonchev–Trinajstić information content (AvgIpc) is 3.18. The number of aromatic nitrogens is 2. The summed E-state index contributed by atoms with van der Waals surface area (Å²) in [4.78, 5) is 21.5. The minimum atomic E-state index is -0.461. The molecule has 1 aromatic heterocycles. The molecule has 2 aliphatic rings. The van der Waals surface area contributed by atoms with Crippen LogP contribution in [0.1, 0.15) is 50.2 Å². The largest absolute Gasteiger partial charge is 0.477 e. The fraction of sp³-hybridized carbons (Fsp3) is 0.550. The number of ether oxygens (including phenoxy) is 1. The van der Waals surface area contributed by atoms with Gasteiger partial charge in [-0.2, -0.15) is 4.98 Å². The number of para-hydroxylation sites is 2. The lowest BCUT2D eigenvalue weighted by atomic mass is 9.96. The van der Waals surface area contributed by atoms with Gasteiger partial charge in [0.25, 0.3) is 5.91 Å². The monoisotopic (exact) mass is 370 g/mol. The highest BCUT2D eigenvalue weighted by Crippen LogP contribution is 2.33. The van der Waals surface area contributed by atoms with Crippen molar-refractivity contribution in [2.75, 3.05) is 31.6 Å². The second-order valence-corrected chi connectivity index (χ2v) is 7.70. The minimum Gasteiger partial charge on any atom is -0.477 e. The van der Waals surface area contributed by atoms with Crippen LogP contribution in [0, 0.1) is 0 Å². The average molecular weight is 370 g/mol. The van der Waals surface area contributed by atoms with E-state index in [1.165, 1.54) is 0 Å². The number of fused-ring (bicyclic) bond motifs is 1. The summed E-state index contributed by atoms with van der Waals surface area (Å²) in [7, 11) is 2.00. The van der Waals surface area contributed by atoms with Gasteiger partial charge in [-0.3, -0.25) is 4.79 Å². The van der Waals surface area contributed by atoms with E-state index in [1.807, 2.05) is 36.2 Å². The summed E-state index contributed by atoms with van der Waals surface area (Å²) in [5.74, 6) is 2.76. The number of rotatable bonds is 3. The normalized spacial score (nSPS) is 20.5. The third kappa shape index (κ3) is 3.50. The lowest BCUT2D eigenvalue weighted by Crippen LogP contribution is -2.51. The molecule has 7 heteroatoms. The summed E-state index contributed by atoms with van der Waals surface area (Å²) < 4.78 is 11.4. The van der Waals surface area contributed by atoms with E-state index in [2.05, 4.69) is 28.9 Å². The van der Waals surface area contributed by atoms with Crippen molar-refractivity contribution in [2.45, 2.75) is 44.6 Å². The van der Waals surface area contributed by atoms with E-state index >= 15 is 0 Å². The second-order valence-electron chi connectivity index (χ2n) is 7.70. The van der Waals surface area contributed by atoms with Crippen molar-refractivity contribution < 1.29 is 14.1 Å². The lowest BCUT2D eigenvalue weighted by Gasteiger charge is -2.37. The van der Waals surface area contributed by atoms with Crippen LogP contribution in [0.25, 0.3) is 0 Å². The van der Waals surface area contributed by atoms with Crippen molar-refractivity contribution in [1.29, 1.82) is 0 Å². The molecule has 27 heavy (non-hydrogen) atoms. The SMILES string of the molecule is CC(C)c1noc(C2CCN(C(=O)[C@@H]3CN(C)c4ccccc4O3)CC2)n1. The van der Waals surface area contributed by atoms with E-state index in [0.717, 1.165) is 30.1 Å². The van der Waals surface area contributed by atoms with Gasteiger partial charge < -0.3 is 19.1 Å². The third-order valence-corrected chi connectivity index (χ3v) is 5.39. The van der Waals surface area contributed by atoms with Gasteiger partial charge >= 0.3 is 0 Å². The third-order valence-electron chi connectivity index (χ3n) is 5.39. The van der Waals surface area contributed by atoms with Gasteiger partial charge in [0.05, 0.1) is 12.2 Å². The number of benzene rings is 1. The summed E-state index contributed by atoms with van der Waals surface area (Å²) in [6, 6.07) is 7.84. The van der Waals surface area contributed by atoms with Crippen LogP contribution in [-0.4, -0.2) is 53.7 Å². The molecule has 1 atom stereocenters. The molecule has 1 amide bonds. The number of amides is 1. The van der Waals surface area contributed by atoms with Gasteiger partial charge in [-0.05, 0) is 25.0 Å². The molecule has 1 aromatic carbocycles. The van der Waals surface area contributed by atoms with Gasteiger partial charge in [0.1, 0.15) is 5.75 Å². The summed E-state index contributed by atoms with van der Waals surface area (Å²) >= 11 is 0. The maximum atomic E-state index is 13.0. The van der Waals surface area contributed by atoms with Gasteiger partial charge in [0, 0.05) is 32.0 Å². The first-order valence-electron chi connectivity index (χ1n) is 9.62. The first-order chi connectivity index (χ1) is 13.0. The lowest BCUT2D eigenvalue weighted by molar-refractivity contribution is -0.139. The van der Waals surface area contributed by atoms with Crippen molar-refractivity contribution in [2.24, 2.45) is 0 Å². The van der Waals surface area contributed by atoms with Crippen LogP contribution in [0.3, 0.4) is 0 Å². The fourth-order valence-electron chi connectivity index (χ4n) is 3.74. The molecule has 4 rings (SSSR count). The smallest absolute Gasteiger partial charge is 0.265 e. The number of hydrogen-bond acceptors (Lipinski definition) is 6. The number of likely N-dealkylation sites (tertiary alicyclic amines) is 1. The number of anilines is 1. The first-order valence-corrected chi connectivity index (χ1v) is 9.62. The predicted molar refractivity (Wildman–Crippen MR) is 101 cm³/mol. The molecule has 2 aliphatic heterocycles. The zero-order chi connectivity index (χ0) is 19.0. The molecule has 144 valence electrons. The first kappa shape index (κ1) is 17.8. The number of carbonyl (C=O) groups excluding carboxylic acids is 1. The van der Waals surface area contributed by atoms with E-state index < -0.39 is 6.10 Å². The van der Waals surface area contributed by atoms with E-state index in [4.69, 9.17) is 9.26 Å². The highest BCUT2D eigenvalue weighted by Gasteiger charge is 2.35. The highest BCUT2D eigenvalue weighted by atomic mass is 16.5. The van der Waals surface area contributed by atoms with E-state index in [9.17, 15) is 4.79 Å². The molecule has 1 fully saturated rings. The Balaban J connectivity index is 1.37. The number of piperidine rings is 1. The summed E-state index contributed by atoms with van der Waals surface area (Å²) in [6.07, 6.45) is 1.22. The number of nitrogens with zero attached hydrogens (tertiary/aromatic N) is 4. The molecule has 0 unspecified atom stereocenters. The van der Waals surface area contributed by atoms with Crippen LogP contribution < -0.4 is 9.64 Å². The van der Waals surface area contributed by atoms with Gasteiger partial charge in [0.2, 0.25) is 5.89 Å². The van der Waals surface area contributed by atoms with Crippen molar-refractivity contribution in [3.8, 4) is 5.75 Å². The summed E-state index contributed by atoms with van der Waals surface area (Å²) in [6.45, 7) is 6.05. The predicted octanol–water partition coefficient (Wildman–Crippen LogP) is 2.80. The van der Waals surface area contributed by atoms with E-state index in [1.54, 1.807) is 0 Å². The van der Waals surface area contributed by atoms with Crippen LogP contribution in [0.4, 0.5) is 5.69 Å². The fourth-order valence-corrected chi connectivity index (χ4v) is 3.74. The van der Waals surface area contributed by atoms with Crippen LogP contribution in [-0.2, 0) is 4.79 Å². The van der Waals surface area contributed by atoms with E-state index in [-0.39, 0.29) is 17.7 Å². The van der Waals surface area contributed by atoms with Crippen molar-refractivity contribution in [3.05, 3.63) is 36.0 Å². The molecule has 0 spiro atoms. The maximum Gasteiger partial charge on any atom is 0.265 e. The highest BCUT2D eigenvalue weighted by molar-refractivity contribution is 5.83. The van der Waals surface area contributed by atoms with Crippen LogP contribution in [0.5, 0.6) is 5.75 Å². The number of likely N-dealkylation sites (N-methyl/N-ethyl adjacent to an activating group) is 1. The Morgan fingerprint density at radius 1 is 1.22 bits per heavy atom. The molecule has 1 saturated heterocycles. The second kappa shape index (κ2) is 7.21. The van der Waals surface area contributed by atoms with Gasteiger partial charge in [-0.25, -0.2) is 0 Å². The summed E-state index contributed by atoms with van der Waals surface area (Å²) in [5.41, 5.74) is 1.03. The standard InChI is InChI=1S/C20H26N4O3/c1-13(2)18-21-19(27-22-18)14-8-10-24(11-9-14)20(25)17-12-23(3)15-6-4-5-7-16(15)26-17/h4-7,13-14,17H,8-12H2,1-3H3/t17-/m0/s1. The molecule has 0 N–H and O–H groups in total. The van der Waals surface area contributed by atoms with Crippen molar-refractivity contribution in [3.63, 3.8) is 0 Å². The topological polar surface area (TPSA) is 71.7 Å². The zero-order valence-corrected chi connectivity index (χ0v) is 16.1. The molecule has 7 nitrogen and oxygen atoms in total. The quantitative estimate of drug-likeness (QED) is 0.827. The molecular weight excluding hydrogens is 344 g/mol. The molecule has 2 aromatic rings. The Morgan fingerprint density at radius 3 is 2.67 bits per heavy atom.